The first-order valence-electron chi connectivity index (χ1n) is 18.3. The van der Waals surface area contributed by atoms with Gasteiger partial charge in [-0.3, -0.25) is 0 Å². The number of hydrogen-bond donors (Lipinski definition) is 1. The van der Waals surface area contributed by atoms with Crippen molar-refractivity contribution in [2.24, 2.45) is 5.16 Å². The third kappa shape index (κ3) is 7.79. The van der Waals surface area contributed by atoms with Gasteiger partial charge >= 0.3 is 0 Å². The largest absolute Gasteiger partial charge is 0.494 e. The van der Waals surface area contributed by atoms with E-state index in [9.17, 15) is 5.21 Å². The molecule has 2 saturated heterocycles. The summed E-state index contributed by atoms with van der Waals surface area (Å²) in [5.74, 6) is -0.590. The van der Waals surface area contributed by atoms with Gasteiger partial charge in [-0.2, -0.15) is 0 Å². The molecule has 0 radical (unpaired) electrons. The number of fused-ring (bicyclic) bond motifs is 2. The Bertz CT molecular complexity index is 1950. The van der Waals surface area contributed by atoms with E-state index in [1.807, 2.05) is 116 Å². The Morgan fingerprint density at radius 2 is 1.28 bits per heavy atom. The predicted octanol–water partition coefficient (Wildman–Crippen LogP) is 8.54. The molecule has 2 aliphatic heterocycles. The van der Waals surface area contributed by atoms with Gasteiger partial charge in [0.25, 0.3) is 0 Å². The number of aryl methyl sites for hydroxylation is 1. The second-order valence-corrected chi connectivity index (χ2v) is 13.7. The maximum absolute atomic E-state index is 10.4. The summed E-state index contributed by atoms with van der Waals surface area (Å²) in [5.41, 5.74) is 6.19. The van der Waals surface area contributed by atoms with Crippen molar-refractivity contribution in [2.45, 2.75) is 76.7 Å². The first kappa shape index (κ1) is 36.5. The Kier molecular flexibility index (Phi) is 11.3. The van der Waals surface area contributed by atoms with Crippen LogP contribution in [-0.2, 0) is 55.7 Å². The van der Waals surface area contributed by atoms with Gasteiger partial charge in [-0.15, -0.1) is 0 Å². The maximum Gasteiger partial charge on any atom is 0.226 e. The van der Waals surface area contributed by atoms with E-state index in [0.717, 1.165) is 44.7 Å². The van der Waals surface area contributed by atoms with Crippen molar-refractivity contribution in [1.29, 1.82) is 0 Å². The minimum Gasteiger partial charge on any atom is -0.494 e. The zero-order valence-corrected chi connectivity index (χ0v) is 30.5. The highest BCUT2D eigenvalue weighted by Gasteiger charge is 2.70. The fourth-order valence-electron chi connectivity index (χ4n) is 7.30. The van der Waals surface area contributed by atoms with Crippen LogP contribution in [-0.4, -0.2) is 48.0 Å². The van der Waals surface area contributed by atoms with Crippen molar-refractivity contribution in [3.63, 3.8) is 0 Å². The van der Waals surface area contributed by atoms with Gasteiger partial charge in [0.2, 0.25) is 5.79 Å². The van der Waals surface area contributed by atoms with E-state index in [0.29, 0.717) is 25.3 Å². The molecule has 2 bridgehead atoms. The fourth-order valence-corrected chi connectivity index (χ4v) is 7.30. The molecular weight excluding hydrogens is 666 g/mol. The van der Waals surface area contributed by atoms with Crippen molar-refractivity contribution in [3.05, 3.63) is 172 Å². The first-order chi connectivity index (χ1) is 25.9. The summed E-state index contributed by atoms with van der Waals surface area (Å²) in [4.78, 5) is 0. The molecule has 5 aromatic carbocycles. The van der Waals surface area contributed by atoms with Crippen molar-refractivity contribution < 1.29 is 33.6 Å². The Hall–Kier alpha value is -4.83. The van der Waals surface area contributed by atoms with Crippen LogP contribution in [0.15, 0.2) is 139 Å². The minimum absolute atomic E-state index is 0.0564. The Morgan fingerprint density at radius 3 is 1.85 bits per heavy atom. The minimum atomic E-state index is -1.43. The molecule has 8 nitrogen and oxygen atoms in total. The number of rotatable bonds is 15. The van der Waals surface area contributed by atoms with E-state index >= 15 is 0 Å². The lowest BCUT2D eigenvalue weighted by Gasteiger charge is -2.50. The average molecular weight is 714 g/mol. The molecule has 274 valence electrons. The third-order valence-corrected chi connectivity index (χ3v) is 10.2. The third-order valence-electron chi connectivity index (χ3n) is 10.2. The summed E-state index contributed by atoms with van der Waals surface area (Å²) < 4.78 is 40.5. The van der Waals surface area contributed by atoms with E-state index < -0.39 is 29.7 Å². The molecule has 0 spiro atoms. The van der Waals surface area contributed by atoms with Crippen LogP contribution in [0.5, 0.6) is 5.75 Å². The molecule has 5 unspecified atom stereocenters. The van der Waals surface area contributed by atoms with Crippen LogP contribution in [0.1, 0.15) is 52.8 Å². The molecule has 0 aromatic heterocycles. The molecule has 5 atom stereocenters. The molecule has 2 fully saturated rings. The van der Waals surface area contributed by atoms with E-state index in [2.05, 4.69) is 36.3 Å². The number of benzene rings is 5. The first-order valence-corrected chi connectivity index (χ1v) is 18.3. The van der Waals surface area contributed by atoms with Crippen LogP contribution >= 0.6 is 0 Å². The summed E-state index contributed by atoms with van der Waals surface area (Å²) in [7, 11) is 0. The maximum atomic E-state index is 10.4. The molecule has 5 aromatic rings. The molecule has 2 heterocycles. The summed E-state index contributed by atoms with van der Waals surface area (Å²) in [6, 6.07) is 44.5. The van der Waals surface area contributed by atoms with Crippen molar-refractivity contribution in [1.82, 2.24) is 0 Å². The summed E-state index contributed by atoms with van der Waals surface area (Å²) in [5, 5.41) is 14.1. The molecule has 0 amide bonds. The second-order valence-electron chi connectivity index (χ2n) is 13.7. The van der Waals surface area contributed by atoms with E-state index in [1.54, 1.807) is 6.92 Å². The van der Waals surface area contributed by atoms with Gasteiger partial charge in [0.15, 0.2) is 5.60 Å². The molecule has 7 rings (SSSR count). The van der Waals surface area contributed by atoms with Crippen LogP contribution in [0.2, 0.25) is 0 Å². The van der Waals surface area contributed by atoms with Gasteiger partial charge in [0.05, 0.1) is 38.7 Å². The monoisotopic (exact) mass is 713 g/mol. The van der Waals surface area contributed by atoms with E-state index in [4.69, 9.17) is 28.4 Å². The van der Waals surface area contributed by atoms with Crippen LogP contribution in [0.25, 0.3) is 0 Å². The highest BCUT2D eigenvalue weighted by atomic mass is 16.8. The normalized spacial score (nSPS) is 23.9. The number of nitrogens with zero attached hydrogens (tertiary/aromatic N) is 1. The van der Waals surface area contributed by atoms with Crippen LogP contribution in [0.3, 0.4) is 0 Å². The smallest absolute Gasteiger partial charge is 0.226 e. The lowest BCUT2D eigenvalue weighted by atomic mass is 9.80. The number of hydrogen-bond acceptors (Lipinski definition) is 8. The standard InChI is InChI=1S/C45H47NO7/c1-4-48-40-24-21-34(22-25-40)26-38-27-39(23-20-32(38)2)45-43(51-30-37-18-12-7-13-19-37)41(49-28-35-14-8-5-9-15-35)42(50-29-36-16-10-6-11-17-36)44(53-45,31-52-45)33(3)46-47/h5-25,27,41-43,47H,4,26,28-31H2,1-3H3/b46-33+. The second kappa shape index (κ2) is 16.5. The van der Waals surface area contributed by atoms with Gasteiger partial charge < -0.3 is 33.6 Å². The highest BCUT2D eigenvalue weighted by Crippen LogP contribution is 2.53. The van der Waals surface area contributed by atoms with Crippen LogP contribution < -0.4 is 4.74 Å². The summed E-state index contributed by atoms with van der Waals surface area (Å²) >= 11 is 0. The fraction of sp³-hybridized carbons (Fsp3) is 0.311. The molecule has 0 aliphatic carbocycles. The zero-order chi connectivity index (χ0) is 36.7. The van der Waals surface area contributed by atoms with Gasteiger partial charge in [-0.1, -0.05) is 120 Å². The Morgan fingerprint density at radius 1 is 0.717 bits per heavy atom. The van der Waals surface area contributed by atoms with E-state index in [1.165, 1.54) is 0 Å². The average Bonchev–Trinajstić information content (AvgIpc) is 3.57. The summed E-state index contributed by atoms with van der Waals surface area (Å²) in [6.07, 6.45) is -1.59. The molecule has 8 heteroatoms. The molecule has 1 N–H and O–H groups in total. The van der Waals surface area contributed by atoms with E-state index in [-0.39, 0.29) is 19.8 Å². The predicted molar refractivity (Wildman–Crippen MR) is 203 cm³/mol. The van der Waals surface area contributed by atoms with Gasteiger partial charge in [-0.25, -0.2) is 0 Å². The van der Waals surface area contributed by atoms with Gasteiger partial charge in [-0.05, 0) is 78.8 Å². The zero-order valence-electron chi connectivity index (χ0n) is 30.5. The lowest BCUT2D eigenvalue weighted by Crippen LogP contribution is -2.68. The molecular formula is C45H47NO7. The highest BCUT2D eigenvalue weighted by molar-refractivity contribution is 5.91. The lowest BCUT2D eigenvalue weighted by molar-refractivity contribution is -0.338. The molecule has 53 heavy (non-hydrogen) atoms. The van der Waals surface area contributed by atoms with Gasteiger partial charge in [0.1, 0.15) is 24.1 Å². The van der Waals surface area contributed by atoms with Crippen LogP contribution in [0.4, 0.5) is 0 Å². The van der Waals surface area contributed by atoms with Gasteiger partial charge in [0, 0.05) is 5.56 Å². The number of ether oxygens (including phenoxy) is 6. The topological polar surface area (TPSA) is 88.0 Å². The number of oxime groups is 1. The van der Waals surface area contributed by atoms with Crippen LogP contribution in [0, 0.1) is 6.92 Å². The van der Waals surface area contributed by atoms with Crippen molar-refractivity contribution in [3.8, 4) is 5.75 Å². The van der Waals surface area contributed by atoms with Crippen molar-refractivity contribution in [2.75, 3.05) is 13.2 Å². The Labute approximate surface area is 311 Å². The molecule has 0 saturated carbocycles. The van der Waals surface area contributed by atoms with Crippen molar-refractivity contribution >= 4 is 5.71 Å². The quantitative estimate of drug-likeness (QED) is 0.0661. The molecule has 2 aliphatic rings. The summed E-state index contributed by atoms with van der Waals surface area (Å²) in [6.45, 7) is 7.35. The SMILES string of the molecule is CCOc1ccc(Cc2cc(C34OCC(/C(C)=N/O)(O3)C(OCc3ccccc3)C(OCc3ccccc3)C4OCc3ccccc3)ccc2C)cc1. The Balaban J connectivity index is 1.32.